The highest BCUT2D eigenvalue weighted by Gasteiger charge is 2.09. The molecule has 1 heterocycles. The summed E-state index contributed by atoms with van der Waals surface area (Å²) in [4.78, 5) is 4.24. The minimum Gasteiger partial charge on any atom is -0.490 e. The molecular weight excluding hydrogens is 228 g/mol. The standard InChI is InChI=1S/C14H24N2O2/c1-4-8-18-13-6-5-7-15-14(13)16-10-12(17)9-11(2)3/h5-7,11-12,17H,4,8-10H2,1-3H3,(H,15,16). The number of aromatic nitrogens is 1. The third kappa shape index (κ3) is 5.36. The zero-order valence-corrected chi connectivity index (χ0v) is 11.5. The molecule has 1 unspecified atom stereocenters. The fraction of sp³-hybridized carbons (Fsp3) is 0.643. The van der Waals surface area contributed by atoms with Crippen molar-refractivity contribution in [3.63, 3.8) is 0 Å². The lowest BCUT2D eigenvalue weighted by atomic mass is 10.1. The molecule has 18 heavy (non-hydrogen) atoms. The molecule has 4 nitrogen and oxygen atoms in total. The predicted octanol–water partition coefficient (Wildman–Crippen LogP) is 2.69. The Morgan fingerprint density at radius 1 is 1.44 bits per heavy atom. The smallest absolute Gasteiger partial charge is 0.168 e. The third-order valence-electron chi connectivity index (χ3n) is 2.48. The first-order valence-electron chi connectivity index (χ1n) is 6.63. The summed E-state index contributed by atoms with van der Waals surface area (Å²) in [7, 11) is 0. The molecule has 0 aromatic carbocycles. The van der Waals surface area contributed by atoms with Crippen molar-refractivity contribution in [2.75, 3.05) is 18.5 Å². The molecule has 1 aromatic heterocycles. The highest BCUT2D eigenvalue weighted by Crippen LogP contribution is 2.21. The summed E-state index contributed by atoms with van der Waals surface area (Å²) >= 11 is 0. The quantitative estimate of drug-likeness (QED) is 0.747. The zero-order valence-electron chi connectivity index (χ0n) is 11.5. The molecule has 0 spiro atoms. The fourth-order valence-electron chi connectivity index (χ4n) is 1.69. The van der Waals surface area contributed by atoms with E-state index in [0.717, 1.165) is 18.6 Å². The molecule has 2 N–H and O–H groups in total. The number of aliphatic hydroxyl groups is 1. The van der Waals surface area contributed by atoms with E-state index in [4.69, 9.17) is 4.74 Å². The highest BCUT2D eigenvalue weighted by molar-refractivity contribution is 5.49. The molecule has 0 saturated heterocycles. The molecule has 1 aromatic rings. The molecule has 102 valence electrons. The Kier molecular flexibility index (Phi) is 6.50. The fourth-order valence-corrected chi connectivity index (χ4v) is 1.69. The van der Waals surface area contributed by atoms with Crippen LogP contribution in [-0.4, -0.2) is 29.3 Å². The lowest BCUT2D eigenvalue weighted by Gasteiger charge is -2.16. The van der Waals surface area contributed by atoms with Gasteiger partial charge in [-0.1, -0.05) is 20.8 Å². The SMILES string of the molecule is CCCOc1cccnc1NCC(O)CC(C)C. The molecule has 0 saturated carbocycles. The first kappa shape index (κ1) is 14.8. The predicted molar refractivity (Wildman–Crippen MR) is 74.0 cm³/mol. The molecule has 0 bridgehead atoms. The number of anilines is 1. The molecule has 1 atom stereocenters. The van der Waals surface area contributed by atoms with Gasteiger partial charge in [0.1, 0.15) is 0 Å². The van der Waals surface area contributed by atoms with Gasteiger partial charge in [0.05, 0.1) is 12.7 Å². The monoisotopic (exact) mass is 252 g/mol. The van der Waals surface area contributed by atoms with Crippen LogP contribution in [0.3, 0.4) is 0 Å². The van der Waals surface area contributed by atoms with Gasteiger partial charge >= 0.3 is 0 Å². The van der Waals surface area contributed by atoms with Crippen LogP contribution in [0.4, 0.5) is 5.82 Å². The van der Waals surface area contributed by atoms with Gasteiger partial charge < -0.3 is 15.2 Å². The van der Waals surface area contributed by atoms with E-state index in [1.54, 1.807) is 6.20 Å². The lowest BCUT2D eigenvalue weighted by molar-refractivity contribution is 0.161. The van der Waals surface area contributed by atoms with Crippen molar-refractivity contribution in [1.82, 2.24) is 4.98 Å². The summed E-state index contributed by atoms with van der Waals surface area (Å²) in [6.45, 7) is 7.43. The Bertz CT molecular complexity index is 342. The summed E-state index contributed by atoms with van der Waals surface area (Å²) < 4.78 is 5.59. The van der Waals surface area contributed by atoms with Crippen molar-refractivity contribution in [2.24, 2.45) is 5.92 Å². The van der Waals surface area contributed by atoms with Crippen LogP contribution in [0.1, 0.15) is 33.6 Å². The van der Waals surface area contributed by atoms with E-state index in [2.05, 4.69) is 31.1 Å². The van der Waals surface area contributed by atoms with Crippen molar-refractivity contribution in [1.29, 1.82) is 0 Å². The average molecular weight is 252 g/mol. The second kappa shape index (κ2) is 7.93. The lowest BCUT2D eigenvalue weighted by Crippen LogP contribution is -2.22. The Hall–Kier alpha value is -1.29. The minimum atomic E-state index is -0.356. The van der Waals surface area contributed by atoms with Crippen LogP contribution in [0.2, 0.25) is 0 Å². The Morgan fingerprint density at radius 3 is 2.89 bits per heavy atom. The van der Waals surface area contributed by atoms with E-state index in [-0.39, 0.29) is 6.10 Å². The van der Waals surface area contributed by atoms with Crippen LogP contribution in [0.25, 0.3) is 0 Å². The normalized spacial score (nSPS) is 12.5. The van der Waals surface area contributed by atoms with E-state index in [1.807, 2.05) is 12.1 Å². The van der Waals surface area contributed by atoms with Gasteiger partial charge in [-0.05, 0) is 30.9 Å². The third-order valence-corrected chi connectivity index (χ3v) is 2.48. The van der Waals surface area contributed by atoms with Gasteiger partial charge in [0.2, 0.25) is 0 Å². The van der Waals surface area contributed by atoms with Crippen molar-refractivity contribution in [3.05, 3.63) is 18.3 Å². The number of hydrogen-bond donors (Lipinski definition) is 2. The number of pyridine rings is 1. The van der Waals surface area contributed by atoms with Crippen molar-refractivity contribution in [3.8, 4) is 5.75 Å². The van der Waals surface area contributed by atoms with Crippen LogP contribution in [0.5, 0.6) is 5.75 Å². The first-order chi connectivity index (χ1) is 8.63. The van der Waals surface area contributed by atoms with Gasteiger partial charge in [-0.3, -0.25) is 0 Å². The van der Waals surface area contributed by atoms with Gasteiger partial charge in [0, 0.05) is 12.7 Å². The molecule has 0 aliphatic carbocycles. The minimum absolute atomic E-state index is 0.356. The Balaban J connectivity index is 2.50. The maximum absolute atomic E-state index is 9.82. The topological polar surface area (TPSA) is 54.4 Å². The van der Waals surface area contributed by atoms with Gasteiger partial charge in [-0.25, -0.2) is 4.98 Å². The van der Waals surface area contributed by atoms with Crippen molar-refractivity contribution >= 4 is 5.82 Å². The molecule has 0 radical (unpaired) electrons. The number of ether oxygens (including phenoxy) is 1. The van der Waals surface area contributed by atoms with Crippen LogP contribution in [0, 0.1) is 5.92 Å². The maximum atomic E-state index is 9.82. The maximum Gasteiger partial charge on any atom is 0.168 e. The van der Waals surface area contributed by atoms with Crippen molar-refractivity contribution < 1.29 is 9.84 Å². The molecule has 4 heteroatoms. The second-order valence-corrected chi connectivity index (χ2v) is 4.86. The summed E-state index contributed by atoms with van der Waals surface area (Å²) in [6, 6.07) is 3.74. The van der Waals surface area contributed by atoms with Gasteiger partial charge in [-0.15, -0.1) is 0 Å². The summed E-state index contributed by atoms with van der Waals surface area (Å²) in [6.07, 6.45) is 3.11. The number of nitrogens with one attached hydrogen (secondary N) is 1. The summed E-state index contributed by atoms with van der Waals surface area (Å²) in [5.74, 6) is 1.94. The number of hydrogen-bond acceptors (Lipinski definition) is 4. The van der Waals surface area contributed by atoms with Gasteiger partial charge in [0.25, 0.3) is 0 Å². The first-order valence-corrected chi connectivity index (χ1v) is 6.63. The summed E-state index contributed by atoms with van der Waals surface area (Å²) in [5, 5.41) is 13.0. The molecule has 0 aliphatic heterocycles. The second-order valence-electron chi connectivity index (χ2n) is 4.86. The molecule has 1 rings (SSSR count). The number of nitrogens with zero attached hydrogens (tertiary/aromatic N) is 1. The van der Waals surface area contributed by atoms with E-state index in [0.29, 0.717) is 24.9 Å². The van der Waals surface area contributed by atoms with Crippen LogP contribution >= 0.6 is 0 Å². The Labute approximate surface area is 109 Å². The van der Waals surface area contributed by atoms with Crippen LogP contribution < -0.4 is 10.1 Å². The van der Waals surface area contributed by atoms with Crippen molar-refractivity contribution in [2.45, 2.75) is 39.7 Å². The molecule has 0 fully saturated rings. The largest absolute Gasteiger partial charge is 0.490 e. The molecular formula is C14H24N2O2. The Morgan fingerprint density at radius 2 is 2.22 bits per heavy atom. The van der Waals surface area contributed by atoms with Gasteiger partial charge in [0.15, 0.2) is 11.6 Å². The van der Waals surface area contributed by atoms with E-state index >= 15 is 0 Å². The number of rotatable bonds is 8. The number of aliphatic hydroxyl groups excluding tert-OH is 1. The molecule has 0 amide bonds. The van der Waals surface area contributed by atoms with E-state index < -0.39 is 0 Å². The molecule has 0 aliphatic rings. The van der Waals surface area contributed by atoms with E-state index in [1.165, 1.54) is 0 Å². The van der Waals surface area contributed by atoms with Crippen LogP contribution in [0.15, 0.2) is 18.3 Å². The zero-order chi connectivity index (χ0) is 13.4. The average Bonchev–Trinajstić information content (AvgIpc) is 2.34. The van der Waals surface area contributed by atoms with E-state index in [9.17, 15) is 5.11 Å². The van der Waals surface area contributed by atoms with Gasteiger partial charge in [-0.2, -0.15) is 0 Å². The highest BCUT2D eigenvalue weighted by atomic mass is 16.5. The van der Waals surface area contributed by atoms with Crippen LogP contribution in [-0.2, 0) is 0 Å². The summed E-state index contributed by atoms with van der Waals surface area (Å²) in [5.41, 5.74) is 0.